The molecule has 0 aromatic carbocycles. The first kappa shape index (κ1) is 10.0. The van der Waals surface area contributed by atoms with E-state index in [1.807, 2.05) is 0 Å². The Morgan fingerprint density at radius 3 is 2.55 bits per heavy atom. The second-order valence-corrected chi connectivity index (χ2v) is 2.95. The number of hydrogen-bond acceptors (Lipinski definition) is 4. The number of nitrogens with zero attached hydrogens (tertiary/aromatic N) is 3. The first-order chi connectivity index (χ1) is 5.02. The summed E-state index contributed by atoms with van der Waals surface area (Å²) >= 11 is 0. The molecule has 0 heterocycles. The Morgan fingerprint density at radius 2 is 2.18 bits per heavy atom. The van der Waals surface area contributed by atoms with Gasteiger partial charge in [0.2, 0.25) is 0 Å². The molecule has 0 unspecified atom stereocenters. The lowest BCUT2D eigenvalue weighted by Crippen LogP contribution is -2.40. The van der Waals surface area contributed by atoms with Gasteiger partial charge in [0, 0.05) is 7.05 Å². The van der Waals surface area contributed by atoms with Gasteiger partial charge in [-0.1, -0.05) is 5.18 Å². The minimum Gasteiger partial charge on any atom is -0.299 e. The summed E-state index contributed by atoms with van der Waals surface area (Å²) in [5, 5.41) is 4.24. The first-order valence-corrected chi connectivity index (χ1v) is 3.30. The summed E-state index contributed by atoms with van der Waals surface area (Å²) in [7, 11) is 1.61. The van der Waals surface area contributed by atoms with Crippen LogP contribution in [0.2, 0.25) is 0 Å². The van der Waals surface area contributed by atoms with Crippen molar-refractivity contribution < 1.29 is 0 Å². The average Bonchev–Trinajstić information content (AvgIpc) is 1.87. The van der Waals surface area contributed by atoms with Crippen LogP contribution in [-0.2, 0) is 0 Å². The number of nitroso groups, excluding NO2 is 1. The molecule has 11 heavy (non-hydrogen) atoms. The van der Waals surface area contributed by atoms with E-state index in [1.165, 1.54) is 11.3 Å². The van der Waals surface area contributed by atoms with E-state index < -0.39 is 5.54 Å². The van der Waals surface area contributed by atoms with Crippen LogP contribution in [0.3, 0.4) is 0 Å². The molecule has 0 fully saturated rings. The van der Waals surface area contributed by atoms with Crippen LogP contribution in [0.5, 0.6) is 0 Å². The van der Waals surface area contributed by atoms with E-state index in [4.69, 9.17) is 5.84 Å². The third-order valence-electron chi connectivity index (χ3n) is 1.08. The zero-order chi connectivity index (χ0) is 8.91. The molecule has 0 atom stereocenters. The van der Waals surface area contributed by atoms with Crippen molar-refractivity contribution in [1.29, 1.82) is 0 Å². The van der Waals surface area contributed by atoms with Crippen LogP contribution in [0.25, 0.3) is 0 Å². The largest absolute Gasteiger partial charge is 0.299 e. The van der Waals surface area contributed by atoms with Gasteiger partial charge < -0.3 is 0 Å². The van der Waals surface area contributed by atoms with Crippen molar-refractivity contribution in [3.63, 3.8) is 0 Å². The number of rotatable bonds is 4. The topological polar surface area (TPSA) is 71.0 Å². The van der Waals surface area contributed by atoms with Crippen LogP contribution in [-0.4, -0.2) is 30.5 Å². The highest BCUT2D eigenvalue weighted by Gasteiger charge is 2.19. The van der Waals surface area contributed by atoms with Gasteiger partial charge in [0.1, 0.15) is 5.54 Å². The third kappa shape index (κ3) is 4.44. The average molecular weight is 158 g/mol. The molecule has 0 amide bonds. The molecular weight excluding hydrogens is 144 g/mol. The summed E-state index contributed by atoms with van der Waals surface area (Å²) in [5.74, 6) is 5.43. The van der Waals surface area contributed by atoms with E-state index in [-0.39, 0.29) is 0 Å². The van der Waals surface area contributed by atoms with Gasteiger partial charge in [0.15, 0.2) is 0 Å². The van der Waals surface area contributed by atoms with Gasteiger partial charge in [-0.15, -0.1) is 0 Å². The second-order valence-electron chi connectivity index (χ2n) is 2.95. The summed E-state index contributed by atoms with van der Waals surface area (Å²) in [5.41, 5.74) is -0.657. The summed E-state index contributed by atoms with van der Waals surface area (Å²) < 4.78 is 0. The minimum atomic E-state index is -0.657. The fourth-order valence-electron chi connectivity index (χ4n) is 0.665. The summed E-state index contributed by atoms with van der Waals surface area (Å²) in [4.78, 5) is 13.9. The predicted octanol–water partition coefficient (Wildman–Crippen LogP) is 0.365. The zero-order valence-corrected chi connectivity index (χ0v) is 7.11. The lowest BCUT2D eigenvalue weighted by atomic mass is 10.1. The maximum Gasteiger partial charge on any atom is 0.116 e. The van der Waals surface area contributed by atoms with E-state index in [0.717, 1.165) is 0 Å². The summed E-state index contributed by atoms with van der Waals surface area (Å²) in [6.07, 6.45) is 1.45. The summed E-state index contributed by atoms with van der Waals surface area (Å²) in [6.45, 7) is 3.79. The molecule has 0 saturated carbocycles. The van der Waals surface area contributed by atoms with E-state index >= 15 is 0 Å². The fraction of sp³-hybridized carbons (Fsp3) is 0.833. The van der Waals surface area contributed by atoms with Crippen molar-refractivity contribution in [2.45, 2.75) is 19.4 Å². The van der Waals surface area contributed by atoms with Crippen LogP contribution < -0.4 is 5.84 Å². The Bertz CT molecular complexity index is 155. The molecule has 0 rings (SSSR count). The van der Waals surface area contributed by atoms with Gasteiger partial charge in [-0.2, -0.15) is 4.91 Å². The quantitative estimate of drug-likeness (QED) is 0.211. The molecule has 0 aromatic rings. The molecule has 0 spiro atoms. The normalized spacial score (nSPS) is 12.0. The van der Waals surface area contributed by atoms with E-state index in [0.29, 0.717) is 6.54 Å². The van der Waals surface area contributed by atoms with Gasteiger partial charge in [-0.25, -0.2) is 5.84 Å². The van der Waals surface area contributed by atoms with Crippen LogP contribution in [0.1, 0.15) is 13.8 Å². The Hall–Kier alpha value is -0.970. The van der Waals surface area contributed by atoms with Crippen molar-refractivity contribution >= 4 is 6.34 Å². The standard InChI is InChI=1S/C6H14N4O/c1-6(2,9-11)4-10(7)5-8-3/h5H,4,7H2,1-3H3. The van der Waals surface area contributed by atoms with Gasteiger partial charge in [-0.05, 0) is 13.8 Å². The Labute approximate surface area is 66.2 Å². The van der Waals surface area contributed by atoms with Crippen molar-refractivity contribution in [2.24, 2.45) is 16.0 Å². The Morgan fingerprint density at radius 1 is 1.64 bits per heavy atom. The second kappa shape index (κ2) is 4.02. The molecule has 0 aromatic heterocycles. The monoisotopic (exact) mass is 158 g/mol. The minimum absolute atomic E-state index is 0.369. The number of nitrogens with two attached hydrogens (primary N) is 1. The summed E-state index contributed by atoms with van der Waals surface area (Å²) in [6, 6.07) is 0. The number of hydrazine groups is 1. The third-order valence-corrected chi connectivity index (χ3v) is 1.08. The van der Waals surface area contributed by atoms with Crippen LogP contribution in [0.15, 0.2) is 10.2 Å². The fourth-order valence-corrected chi connectivity index (χ4v) is 0.665. The highest BCUT2D eigenvalue weighted by Crippen LogP contribution is 2.07. The molecule has 0 aliphatic rings. The Balaban J connectivity index is 3.92. The van der Waals surface area contributed by atoms with Crippen molar-refractivity contribution in [3.8, 4) is 0 Å². The molecule has 0 aliphatic carbocycles. The molecule has 0 bridgehead atoms. The molecule has 5 nitrogen and oxygen atoms in total. The van der Waals surface area contributed by atoms with Crippen molar-refractivity contribution in [2.75, 3.05) is 13.6 Å². The van der Waals surface area contributed by atoms with Crippen LogP contribution in [0.4, 0.5) is 0 Å². The van der Waals surface area contributed by atoms with Gasteiger partial charge in [0.05, 0.1) is 12.9 Å². The van der Waals surface area contributed by atoms with E-state index in [1.54, 1.807) is 20.9 Å². The Kier molecular flexibility index (Phi) is 3.67. The molecule has 0 aliphatic heterocycles. The van der Waals surface area contributed by atoms with Crippen molar-refractivity contribution in [3.05, 3.63) is 4.91 Å². The molecule has 0 radical (unpaired) electrons. The van der Waals surface area contributed by atoms with Crippen LogP contribution in [0, 0.1) is 4.91 Å². The lowest BCUT2D eigenvalue weighted by Gasteiger charge is -2.20. The zero-order valence-electron chi connectivity index (χ0n) is 7.11. The molecule has 0 saturated heterocycles. The maximum atomic E-state index is 10.2. The van der Waals surface area contributed by atoms with Crippen molar-refractivity contribution in [1.82, 2.24) is 5.01 Å². The molecule has 5 heteroatoms. The predicted molar refractivity (Wildman–Crippen MR) is 45.2 cm³/mol. The van der Waals surface area contributed by atoms with Gasteiger partial charge in [0.25, 0.3) is 0 Å². The highest BCUT2D eigenvalue weighted by atomic mass is 16.3. The first-order valence-electron chi connectivity index (χ1n) is 3.30. The molecule has 2 N–H and O–H groups in total. The van der Waals surface area contributed by atoms with Gasteiger partial charge in [-0.3, -0.25) is 10.0 Å². The maximum absolute atomic E-state index is 10.2. The smallest absolute Gasteiger partial charge is 0.116 e. The van der Waals surface area contributed by atoms with E-state index in [9.17, 15) is 4.91 Å². The SMILES string of the molecule is CN=CN(N)CC(C)(C)N=O. The highest BCUT2D eigenvalue weighted by molar-refractivity contribution is 5.53. The molecular formula is C6H14N4O. The van der Waals surface area contributed by atoms with E-state index in [2.05, 4.69) is 10.2 Å². The van der Waals surface area contributed by atoms with Gasteiger partial charge >= 0.3 is 0 Å². The number of hydrogen-bond donors (Lipinski definition) is 1. The number of aliphatic imine (C=N–C) groups is 1. The lowest BCUT2D eigenvalue weighted by molar-refractivity contribution is 0.345. The van der Waals surface area contributed by atoms with Crippen LogP contribution >= 0.6 is 0 Å². The molecule has 64 valence electrons.